The second kappa shape index (κ2) is 8.14. The summed E-state index contributed by atoms with van der Waals surface area (Å²) in [6.07, 6.45) is 0.108. The number of benzene rings is 1. The van der Waals surface area contributed by atoms with Crippen LogP contribution in [0.4, 0.5) is 25.1 Å². The van der Waals surface area contributed by atoms with Gasteiger partial charge in [0.25, 0.3) is 0 Å². The highest BCUT2D eigenvalue weighted by atomic mass is 19.4. The molecule has 9 nitrogen and oxygen atoms in total. The van der Waals surface area contributed by atoms with Gasteiger partial charge in [-0.1, -0.05) is 30.3 Å². The molecule has 1 atom stereocenters. The van der Waals surface area contributed by atoms with Gasteiger partial charge in [0.15, 0.2) is 5.82 Å². The van der Waals surface area contributed by atoms with Crippen LogP contribution in [-0.2, 0) is 6.18 Å². The van der Waals surface area contributed by atoms with E-state index in [9.17, 15) is 13.2 Å². The highest BCUT2D eigenvalue weighted by Crippen LogP contribution is 2.30. The number of aryl methyl sites for hydroxylation is 1. The number of nitrogens with zero attached hydrogens (tertiary/aromatic N) is 6. The second-order valence-electron chi connectivity index (χ2n) is 7.53. The summed E-state index contributed by atoms with van der Waals surface area (Å²) >= 11 is 0. The van der Waals surface area contributed by atoms with Crippen molar-refractivity contribution in [3.8, 4) is 11.4 Å². The predicted molar refractivity (Wildman–Crippen MR) is 119 cm³/mol. The third-order valence-electron chi connectivity index (χ3n) is 5.20. The highest BCUT2D eigenvalue weighted by Gasteiger charge is 2.35. The van der Waals surface area contributed by atoms with Crippen molar-refractivity contribution in [2.75, 3.05) is 11.1 Å². The Morgan fingerprint density at radius 1 is 1.00 bits per heavy atom. The van der Waals surface area contributed by atoms with Gasteiger partial charge in [-0.05, 0) is 24.6 Å². The fraction of sp³-hybridized carbons (Fsp3) is 0.136. The Balaban J connectivity index is 1.54. The van der Waals surface area contributed by atoms with Crippen molar-refractivity contribution >= 4 is 17.4 Å². The number of nitrogen functional groups attached to an aromatic ring is 1. The molecule has 1 aromatic carbocycles. The molecule has 0 saturated carbocycles. The van der Waals surface area contributed by atoms with Crippen molar-refractivity contribution in [1.82, 2.24) is 34.3 Å². The molecule has 12 heteroatoms. The molecular formula is C22H18F3N9. The average molecular weight is 465 g/mol. The van der Waals surface area contributed by atoms with Crippen molar-refractivity contribution in [2.24, 2.45) is 0 Å². The van der Waals surface area contributed by atoms with Crippen LogP contribution in [0.15, 0.2) is 61.1 Å². The van der Waals surface area contributed by atoms with E-state index in [2.05, 4.69) is 35.2 Å². The van der Waals surface area contributed by atoms with Crippen LogP contribution >= 0.6 is 0 Å². The Kier molecular flexibility index (Phi) is 5.11. The van der Waals surface area contributed by atoms with E-state index >= 15 is 0 Å². The molecule has 0 saturated heterocycles. The van der Waals surface area contributed by atoms with E-state index in [1.165, 1.54) is 0 Å². The van der Waals surface area contributed by atoms with E-state index in [-0.39, 0.29) is 17.6 Å². The van der Waals surface area contributed by atoms with Crippen molar-refractivity contribution in [2.45, 2.75) is 19.1 Å². The summed E-state index contributed by atoms with van der Waals surface area (Å²) in [6, 6.07) is 11.9. The molecule has 0 spiro atoms. The number of aromatic amines is 1. The number of H-pyrrole nitrogens is 1. The van der Waals surface area contributed by atoms with Crippen LogP contribution in [-0.4, -0.2) is 34.3 Å². The summed E-state index contributed by atoms with van der Waals surface area (Å²) in [5, 5.41) is 3.07. The lowest BCUT2D eigenvalue weighted by molar-refractivity contribution is -0.144. The van der Waals surface area contributed by atoms with E-state index in [0.29, 0.717) is 17.0 Å². The van der Waals surface area contributed by atoms with Gasteiger partial charge in [0.1, 0.15) is 5.82 Å². The number of alkyl halides is 3. The number of hydrogen-bond acceptors (Lipinski definition) is 7. The minimum Gasteiger partial charge on any atom is -0.368 e. The van der Waals surface area contributed by atoms with E-state index in [1.54, 1.807) is 30.5 Å². The van der Waals surface area contributed by atoms with Gasteiger partial charge in [-0.3, -0.25) is 0 Å². The van der Waals surface area contributed by atoms with Crippen molar-refractivity contribution in [3.05, 3.63) is 84.0 Å². The molecule has 0 bridgehead atoms. The molecule has 0 amide bonds. The number of imidazole rings is 2. The molecule has 4 N–H and O–H groups in total. The van der Waals surface area contributed by atoms with Crippen LogP contribution in [0.5, 0.6) is 0 Å². The zero-order valence-corrected chi connectivity index (χ0v) is 17.7. The number of fused-ring (bicyclic) bond motifs is 1. The normalized spacial score (nSPS) is 12.7. The predicted octanol–water partition coefficient (Wildman–Crippen LogP) is 4.02. The molecule has 4 aromatic heterocycles. The summed E-state index contributed by atoms with van der Waals surface area (Å²) in [6.45, 7) is 1.87. The molecule has 0 fully saturated rings. The van der Waals surface area contributed by atoms with Crippen LogP contribution in [0, 0.1) is 6.92 Å². The molecule has 1 unspecified atom stereocenters. The first-order valence-corrected chi connectivity index (χ1v) is 10.2. The Morgan fingerprint density at radius 3 is 2.53 bits per heavy atom. The molecule has 4 heterocycles. The Morgan fingerprint density at radius 2 is 1.79 bits per heavy atom. The quantitative estimate of drug-likeness (QED) is 0.358. The third-order valence-corrected chi connectivity index (χ3v) is 5.20. The number of nitrogens with two attached hydrogens (primary N) is 1. The largest absolute Gasteiger partial charge is 0.449 e. The van der Waals surface area contributed by atoms with Gasteiger partial charge >= 0.3 is 6.18 Å². The third kappa shape index (κ3) is 4.12. The maximum Gasteiger partial charge on any atom is 0.449 e. The van der Waals surface area contributed by atoms with Crippen LogP contribution < -0.4 is 11.1 Å². The number of rotatable bonds is 5. The lowest BCUT2D eigenvalue weighted by Crippen LogP contribution is -2.17. The number of anilines is 2. The van der Waals surface area contributed by atoms with E-state index in [1.807, 2.05) is 35.7 Å². The Labute approximate surface area is 191 Å². The topological polar surface area (TPSA) is 123 Å². The first-order valence-electron chi connectivity index (χ1n) is 10.2. The molecule has 172 valence electrons. The smallest absolute Gasteiger partial charge is 0.368 e. The number of nitrogens with one attached hydrogen (secondary N) is 2. The van der Waals surface area contributed by atoms with E-state index in [4.69, 9.17) is 5.73 Å². The fourth-order valence-electron chi connectivity index (χ4n) is 3.58. The van der Waals surface area contributed by atoms with Gasteiger partial charge in [-0.2, -0.15) is 28.1 Å². The molecule has 34 heavy (non-hydrogen) atoms. The summed E-state index contributed by atoms with van der Waals surface area (Å²) in [5.41, 5.74) is 8.39. The van der Waals surface area contributed by atoms with Gasteiger partial charge in [-0.25, -0.2) is 9.97 Å². The van der Waals surface area contributed by atoms with Gasteiger partial charge < -0.3 is 20.4 Å². The van der Waals surface area contributed by atoms with E-state index in [0.717, 1.165) is 17.5 Å². The minimum absolute atomic E-state index is 0.0395. The first kappa shape index (κ1) is 21.4. The minimum atomic E-state index is -4.60. The van der Waals surface area contributed by atoms with Crippen LogP contribution in [0.1, 0.15) is 28.9 Å². The fourth-order valence-corrected chi connectivity index (χ4v) is 3.58. The first-order chi connectivity index (χ1) is 16.3. The van der Waals surface area contributed by atoms with Crippen LogP contribution in [0.2, 0.25) is 0 Å². The number of hydrogen-bond donors (Lipinski definition) is 3. The molecule has 5 aromatic rings. The lowest BCUT2D eigenvalue weighted by atomic mass is 10.0. The summed E-state index contributed by atoms with van der Waals surface area (Å²) < 4.78 is 41.3. The van der Waals surface area contributed by atoms with Crippen molar-refractivity contribution in [3.63, 3.8) is 0 Å². The SMILES string of the molecule is Cc1ncc2ccc(-c3nc(N)nc(NC(c4ccccc4)c4cnc(C(F)(F)F)[nH]4)n3)cn12. The molecule has 0 aliphatic rings. The van der Waals surface area contributed by atoms with Crippen LogP contribution in [0.25, 0.3) is 16.9 Å². The summed E-state index contributed by atoms with van der Waals surface area (Å²) in [5.74, 6) is 0.0629. The summed E-state index contributed by atoms with van der Waals surface area (Å²) in [4.78, 5) is 22.9. The van der Waals surface area contributed by atoms with Gasteiger partial charge in [0.2, 0.25) is 17.7 Å². The zero-order chi connectivity index (χ0) is 23.9. The number of halogens is 3. The van der Waals surface area contributed by atoms with Crippen molar-refractivity contribution < 1.29 is 13.2 Å². The maximum absolute atomic E-state index is 13.1. The Hall–Kier alpha value is -4.48. The monoisotopic (exact) mass is 465 g/mol. The van der Waals surface area contributed by atoms with Gasteiger partial charge in [0, 0.05) is 11.8 Å². The molecule has 0 radical (unpaired) electrons. The van der Waals surface area contributed by atoms with Gasteiger partial charge in [0.05, 0.1) is 29.6 Å². The van der Waals surface area contributed by atoms with E-state index < -0.39 is 18.0 Å². The average Bonchev–Trinajstić information content (AvgIpc) is 3.45. The van der Waals surface area contributed by atoms with Gasteiger partial charge in [-0.15, -0.1) is 0 Å². The lowest BCUT2D eigenvalue weighted by Gasteiger charge is -2.18. The molecule has 5 rings (SSSR count). The number of pyridine rings is 1. The van der Waals surface area contributed by atoms with Crippen LogP contribution in [0.3, 0.4) is 0 Å². The molecule has 0 aliphatic heterocycles. The zero-order valence-electron chi connectivity index (χ0n) is 17.7. The van der Waals surface area contributed by atoms with Crippen molar-refractivity contribution in [1.29, 1.82) is 0 Å². The highest BCUT2D eigenvalue weighted by molar-refractivity contribution is 5.61. The molecule has 0 aliphatic carbocycles. The maximum atomic E-state index is 13.1. The Bertz CT molecular complexity index is 1460. The second-order valence-corrected chi connectivity index (χ2v) is 7.53. The number of aromatic nitrogens is 7. The standard InChI is InChI=1S/C22H18F3N9/c1-12-27-9-15-8-7-14(11-34(12)15)18-31-20(26)33-21(32-18)30-17(13-5-3-2-4-6-13)16-10-28-19(29-16)22(23,24)25/h2-11,17H,1H3,(H,28,29)(H3,26,30,31,32,33). The summed E-state index contributed by atoms with van der Waals surface area (Å²) in [7, 11) is 0. The molecular weight excluding hydrogens is 447 g/mol.